The summed E-state index contributed by atoms with van der Waals surface area (Å²) in [6.07, 6.45) is 0.734. The van der Waals surface area contributed by atoms with Gasteiger partial charge in [-0.2, -0.15) is 18.4 Å². The molecule has 0 spiro atoms. The minimum Gasteiger partial charge on any atom is -0.475 e. The van der Waals surface area contributed by atoms with Gasteiger partial charge >= 0.3 is 18.2 Å². The van der Waals surface area contributed by atoms with Crippen LogP contribution in [0.15, 0.2) is 64.8 Å². The molecule has 5 N–H and O–H groups in total. The van der Waals surface area contributed by atoms with Gasteiger partial charge in [-0.25, -0.2) is 14.5 Å². The minimum atomic E-state index is -5.08. The number of alkyl halides is 3. The van der Waals surface area contributed by atoms with E-state index in [0.29, 0.717) is 48.2 Å². The Balaban J connectivity index is 0.000000845. The van der Waals surface area contributed by atoms with Gasteiger partial charge in [-0.05, 0) is 106 Å². The van der Waals surface area contributed by atoms with Gasteiger partial charge < -0.3 is 25.8 Å². The number of allylic oxidation sites excluding steroid dienone is 1. The van der Waals surface area contributed by atoms with E-state index in [0.717, 1.165) is 24.1 Å². The number of hydrogen-bond acceptors (Lipinski definition) is 11. The average Bonchev–Trinajstić information content (AvgIpc) is 3.66. The van der Waals surface area contributed by atoms with Crippen molar-refractivity contribution in [1.29, 1.82) is 0 Å². The second-order valence-electron chi connectivity index (χ2n) is 13.6. The third kappa shape index (κ3) is 12.1. The number of aromatic amines is 1. The predicted octanol–water partition coefficient (Wildman–Crippen LogP) is 5.19. The van der Waals surface area contributed by atoms with E-state index in [4.69, 9.17) is 32.0 Å². The van der Waals surface area contributed by atoms with Gasteiger partial charge in [-0.15, -0.1) is 10.2 Å². The lowest BCUT2D eigenvalue weighted by Gasteiger charge is -2.32. The number of carbonyl (C=O) groups excluding carboxylic acids is 3. The van der Waals surface area contributed by atoms with Crippen LogP contribution < -0.4 is 20.9 Å². The van der Waals surface area contributed by atoms with Crippen LogP contribution in [0.25, 0.3) is 11.4 Å². The molecule has 3 aromatic rings. The van der Waals surface area contributed by atoms with Crippen LogP contribution in [0, 0.1) is 11.8 Å². The van der Waals surface area contributed by atoms with Gasteiger partial charge in [0, 0.05) is 36.1 Å². The molecule has 15 nitrogen and oxygen atoms in total. The summed E-state index contributed by atoms with van der Waals surface area (Å²) < 4.78 is 37.1. The molecule has 0 unspecified atom stereocenters. The summed E-state index contributed by atoms with van der Waals surface area (Å²) in [5, 5.41) is 24.5. The van der Waals surface area contributed by atoms with Crippen molar-refractivity contribution in [2.24, 2.45) is 22.6 Å². The Kier molecular flexibility index (Phi) is 13.9. The zero-order valence-electron chi connectivity index (χ0n) is 29.7. The molecule has 1 atom stereocenters. The van der Waals surface area contributed by atoms with E-state index in [1.54, 1.807) is 36.7 Å². The number of ether oxygens (including phenoxy) is 1. The van der Waals surface area contributed by atoms with Crippen LogP contribution in [0.2, 0.25) is 0 Å². The lowest BCUT2D eigenvalue weighted by Crippen LogP contribution is -2.50. The molecule has 19 heteroatoms. The number of carboxylic acid groups (broad SMARTS) is 1. The molecule has 2 aliphatic rings. The summed E-state index contributed by atoms with van der Waals surface area (Å²) >= 11 is 6.10. The number of nitrogens with zero attached hydrogens (tertiary/aromatic N) is 6. The fraction of sp³-hybridized carbons (Fsp3) is 0.429. The number of H-pyrrole nitrogens is 1. The molecule has 0 radical (unpaired) electrons. The van der Waals surface area contributed by atoms with Crippen molar-refractivity contribution in [1.82, 2.24) is 25.9 Å². The molecule has 3 amide bonds. The average molecular weight is 776 g/mol. The molecule has 1 aromatic heterocycles. The highest BCUT2D eigenvalue weighted by molar-refractivity contribution is 6.39. The van der Waals surface area contributed by atoms with Gasteiger partial charge in [-0.1, -0.05) is 23.7 Å². The third-order valence-corrected chi connectivity index (χ3v) is 8.51. The molecule has 1 saturated carbocycles. The smallest absolute Gasteiger partial charge is 0.475 e. The van der Waals surface area contributed by atoms with Crippen molar-refractivity contribution >= 4 is 53.1 Å². The number of aromatic nitrogens is 4. The highest BCUT2D eigenvalue weighted by Gasteiger charge is 2.38. The van der Waals surface area contributed by atoms with Gasteiger partial charge in [0.1, 0.15) is 12.3 Å². The van der Waals surface area contributed by atoms with E-state index >= 15 is 0 Å². The Morgan fingerprint density at radius 3 is 2.22 bits per heavy atom. The van der Waals surface area contributed by atoms with Gasteiger partial charge in [0.15, 0.2) is 0 Å². The molecule has 1 aliphatic carbocycles. The summed E-state index contributed by atoms with van der Waals surface area (Å²) in [5.41, 5.74) is 8.78. The summed E-state index contributed by atoms with van der Waals surface area (Å²) in [7, 11) is 0. The van der Waals surface area contributed by atoms with Gasteiger partial charge in [0.05, 0.1) is 16.8 Å². The second kappa shape index (κ2) is 18.1. The molecule has 290 valence electrons. The number of carboxylic acids is 1. The Morgan fingerprint density at radius 1 is 1.06 bits per heavy atom. The van der Waals surface area contributed by atoms with E-state index in [-0.39, 0.29) is 24.2 Å². The molecule has 54 heavy (non-hydrogen) atoms. The highest BCUT2D eigenvalue weighted by Crippen LogP contribution is 2.32. The van der Waals surface area contributed by atoms with Gasteiger partial charge in [0.2, 0.25) is 11.7 Å². The Morgan fingerprint density at radius 2 is 1.69 bits per heavy atom. The second-order valence-corrected chi connectivity index (χ2v) is 14.0. The van der Waals surface area contributed by atoms with Crippen LogP contribution >= 0.6 is 11.6 Å². The molecule has 2 heterocycles. The number of benzene rings is 2. The molecule has 5 rings (SSSR count). The van der Waals surface area contributed by atoms with Crippen molar-refractivity contribution in [3.8, 4) is 11.4 Å². The lowest BCUT2D eigenvalue weighted by atomic mass is 9.81. The molecule has 0 saturated heterocycles. The fourth-order valence-electron chi connectivity index (χ4n) is 5.67. The quantitative estimate of drug-likeness (QED) is 0.222. The maximum Gasteiger partial charge on any atom is 0.490 e. The minimum absolute atomic E-state index is 0.207. The summed E-state index contributed by atoms with van der Waals surface area (Å²) in [6.45, 7) is 6.37. The first kappa shape index (κ1) is 41.4. The third-order valence-electron chi connectivity index (χ3n) is 8.31. The maximum absolute atomic E-state index is 14.1. The number of imide groups is 1. The monoisotopic (exact) mass is 775 g/mol. The van der Waals surface area contributed by atoms with Gasteiger partial charge in [-0.3, -0.25) is 14.6 Å². The van der Waals surface area contributed by atoms with Crippen LogP contribution in [-0.4, -0.2) is 86.9 Å². The first-order valence-corrected chi connectivity index (χ1v) is 17.3. The van der Waals surface area contributed by atoms with E-state index in [2.05, 4.69) is 30.9 Å². The Bertz CT molecular complexity index is 1810. The number of nitrogens with two attached hydrogens (primary N) is 1. The molecular formula is C35H41ClF3N9O6. The van der Waals surface area contributed by atoms with E-state index in [1.165, 1.54) is 4.90 Å². The number of nitrogens with one attached hydrogen (secondary N) is 2. The highest BCUT2D eigenvalue weighted by atomic mass is 35.5. The number of carbonyl (C=O) groups is 4. The van der Waals surface area contributed by atoms with Gasteiger partial charge in [0.25, 0.3) is 5.91 Å². The molecule has 1 aliphatic heterocycles. The van der Waals surface area contributed by atoms with Crippen LogP contribution in [0.5, 0.6) is 0 Å². The number of hydrogen-bond donors (Lipinski definition) is 4. The van der Waals surface area contributed by atoms with Crippen LogP contribution in [0.4, 0.5) is 29.3 Å². The molecular weight excluding hydrogens is 735 g/mol. The summed E-state index contributed by atoms with van der Waals surface area (Å²) in [5.74, 6) is -3.30. The number of rotatable bonds is 9. The Labute approximate surface area is 313 Å². The van der Waals surface area contributed by atoms with E-state index in [9.17, 15) is 27.6 Å². The zero-order chi connectivity index (χ0) is 39.6. The molecule has 0 bridgehead atoms. The van der Waals surface area contributed by atoms with E-state index in [1.807, 2.05) is 49.9 Å². The SMILES string of the molecule is CC(C)(C)OC(=O)NCC1CCC(C(=O)N(C(=O)[C@@H](N)Cc2ccc(N3C=C(Cl)C=NC3)cc2)c2ccc(-c3nn[nH]n3)cc2)CC1.O=C(O)C(F)(F)F. The van der Waals surface area contributed by atoms with Crippen molar-refractivity contribution in [2.75, 3.05) is 23.0 Å². The number of aliphatic carboxylic acids is 1. The normalized spacial score (nSPS) is 17.7. The van der Waals surface area contributed by atoms with Crippen molar-refractivity contribution in [2.45, 2.75) is 70.7 Å². The number of anilines is 2. The number of halogens is 4. The molecule has 2 aromatic carbocycles. The predicted molar refractivity (Wildman–Crippen MR) is 193 cm³/mol. The van der Waals surface area contributed by atoms with Crippen molar-refractivity contribution < 1.29 is 42.2 Å². The number of aliphatic imine (C=N–C) groups is 1. The maximum atomic E-state index is 14.1. The standard InChI is InChI=1S/C33H40ClN9O4.C2HF3O2/c1-33(2,3)47-32(46)37-17-22-4-8-24(9-5-22)30(44)43(27-14-10-23(11-15-27)29-38-40-41-39-29)31(45)28(35)16-21-6-12-26(13-7-21)42-19-25(34)18-36-20-42;3-2(4,5)1(6)7/h6-7,10-15,18-19,22,24,28H,4-5,8-9,16-17,20,35H2,1-3H3,(H,37,46)(H,38,39,40,41);(H,6,7)/t22?,24?,28-;/m0./s1. The molecule has 1 fully saturated rings. The van der Waals surface area contributed by atoms with Crippen molar-refractivity contribution in [3.63, 3.8) is 0 Å². The number of alkyl carbamates (subject to hydrolysis) is 1. The van der Waals surface area contributed by atoms with Crippen molar-refractivity contribution in [3.05, 3.63) is 65.3 Å². The number of amides is 3. The lowest BCUT2D eigenvalue weighted by molar-refractivity contribution is -0.192. The summed E-state index contributed by atoms with van der Waals surface area (Å²) in [6, 6.07) is 13.5. The first-order chi connectivity index (χ1) is 25.4. The number of tetrazole rings is 1. The fourth-order valence-corrected chi connectivity index (χ4v) is 5.86. The summed E-state index contributed by atoms with van der Waals surface area (Å²) in [4.78, 5) is 56.4. The van der Waals surface area contributed by atoms with E-state index < -0.39 is 35.8 Å². The van der Waals surface area contributed by atoms with Crippen LogP contribution in [-0.2, 0) is 25.5 Å². The van der Waals surface area contributed by atoms with Crippen LogP contribution in [0.1, 0.15) is 52.0 Å². The first-order valence-electron chi connectivity index (χ1n) is 16.9. The Hall–Kier alpha value is -5.36. The largest absolute Gasteiger partial charge is 0.490 e. The topological polar surface area (TPSA) is 209 Å². The van der Waals surface area contributed by atoms with Crippen LogP contribution in [0.3, 0.4) is 0 Å². The zero-order valence-corrected chi connectivity index (χ0v) is 30.5.